The van der Waals surface area contributed by atoms with Crippen LogP contribution in [0.2, 0.25) is 0 Å². The molecule has 2 nitrogen and oxygen atoms in total. The minimum atomic E-state index is 0.337. The summed E-state index contributed by atoms with van der Waals surface area (Å²) in [6.07, 6.45) is 13.4. The molecule has 2 heteroatoms. The van der Waals surface area contributed by atoms with Crippen molar-refractivity contribution in [2.24, 2.45) is 5.92 Å². The SMILES string of the molecule is CCCCCC(CO)CCCCCCCCO. The molecule has 1 atom stereocenters. The Kier molecular flexibility index (Phi) is 13.9. The molecule has 2 N–H and O–H groups in total. The Hall–Kier alpha value is -0.0800. The summed E-state index contributed by atoms with van der Waals surface area (Å²) >= 11 is 0. The van der Waals surface area contributed by atoms with Gasteiger partial charge in [-0.15, -0.1) is 0 Å². The van der Waals surface area contributed by atoms with E-state index in [0.717, 1.165) is 12.8 Å². The number of hydrogen-bond donors (Lipinski definition) is 2. The lowest BCUT2D eigenvalue weighted by molar-refractivity contribution is 0.204. The molecule has 0 fully saturated rings. The Bertz CT molecular complexity index is 137. The van der Waals surface area contributed by atoms with Crippen molar-refractivity contribution in [1.82, 2.24) is 0 Å². The molecule has 104 valence electrons. The molecular weight excluding hydrogens is 212 g/mol. The maximum atomic E-state index is 9.27. The molecule has 0 saturated carbocycles. The quantitative estimate of drug-likeness (QED) is 0.482. The van der Waals surface area contributed by atoms with E-state index < -0.39 is 0 Å². The van der Waals surface area contributed by atoms with Crippen LogP contribution in [-0.2, 0) is 0 Å². The number of rotatable bonds is 13. The Labute approximate surface area is 107 Å². The molecule has 0 radical (unpaired) electrons. The average Bonchev–Trinajstić information content (AvgIpc) is 2.35. The zero-order valence-corrected chi connectivity index (χ0v) is 11.7. The van der Waals surface area contributed by atoms with Crippen molar-refractivity contribution in [3.8, 4) is 0 Å². The van der Waals surface area contributed by atoms with Gasteiger partial charge in [0.2, 0.25) is 0 Å². The Morgan fingerprint density at radius 3 is 1.76 bits per heavy atom. The van der Waals surface area contributed by atoms with E-state index in [4.69, 9.17) is 5.11 Å². The molecule has 17 heavy (non-hydrogen) atoms. The largest absolute Gasteiger partial charge is 0.396 e. The average molecular weight is 244 g/mol. The third-order valence-corrected chi connectivity index (χ3v) is 3.49. The summed E-state index contributed by atoms with van der Waals surface area (Å²) in [5.41, 5.74) is 0. The van der Waals surface area contributed by atoms with Gasteiger partial charge in [0.25, 0.3) is 0 Å². The topological polar surface area (TPSA) is 40.5 Å². The Morgan fingerprint density at radius 1 is 0.706 bits per heavy atom. The van der Waals surface area contributed by atoms with Crippen LogP contribution in [-0.4, -0.2) is 23.4 Å². The van der Waals surface area contributed by atoms with Crippen LogP contribution in [0.5, 0.6) is 0 Å². The molecule has 0 heterocycles. The van der Waals surface area contributed by atoms with Crippen LogP contribution in [0, 0.1) is 5.92 Å². The second-order valence-corrected chi connectivity index (χ2v) is 5.18. The molecule has 0 aliphatic heterocycles. The first-order valence-electron chi connectivity index (χ1n) is 7.56. The summed E-state index contributed by atoms with van der Waals surface area (Å²) in [6.45, 7) is 2.93. The Balaban J connectivity index is 3.25. The summed E-state index contributed by atoms with van der Waals surface area (Å²) in [5, 5.41) is 17.9. The van der Waals surface area contributed by atoms with Crippen LogP contribution in [0.25, 0.3) is 0 Å². The van der Waals surface area contributed by atoms with Gasteiger partial charge in [0.05, 0.1) is 0 Å². The van der Waals surface area contributed by atoms with Crippen molar-refractivity contribution >= 4 is 0 Å². The van der Waals surface area contributed by atoms with E-state index in [0.29, 0.717) is 19.1 Å². The van der Waals surface area contributed by atoms with Crippen molar-refractivity contribution in [3.05, 3.63) is 0 Å². The van der Waals surface area contributed by atoms with Gasteiger partial charge >= 0.3 is 0 Å². The van der Waals surface area contributed by atoms with Gasteiger partial charge in [-0.2, -0.15) is 0 Å². The third kappa shape index (κ3) is 12.2. The minimum Gasteiger partial charge on any atom is -0.396 e. The van der Waals surface area contributed by atoms with Crippen LogP contribution < -0.4 is 0 Å². The lowest BCUT2D eigenvalue weighted by Gasteiger charge is -2.13. The van der Waals surface area contributed by atoms with Gasteiger partial charge in [0, 0.05) is 13.2 Å². The van der Waals surface area contributed by atoms with E-state index in [1.807, 2.05) is 0 Å². The van der Waals surface area contributed by atoms with Crippen LogP contribution in [0.1, 0.15) is 77.6 Å². The highest BCUT2D eigenvalue weighted by molar-refractivity contribution is 4.59. The maximum absolute atomic E-state index is 9.27. The summed E-state index contributed by atoms with van der Waals surface area (Å²) < 4.78 is 0. The lowest BCUT2D eigenvalue weighted by atomic mass is 9.95. The van der Waals surface area contributed by atoms with E-state index in [2.05, 4.69) is 6.92 Å². The van der Waals surface area contributed by atoms with Gasteiger partial charge in [-0.25, -0.2) is 0 Å². The molecule has 0 spiro atoms. The highest BCUT2D eigenvalue weighted by Crippen LogP contribution is 2.17. The summed E-state index contributed by atoms with van der Waals surface area (Å²) in [4.78, 5) is 0. The molecule has 0 rings (SSSR count). The fourth-order valence-electron chi connectivity index (χ4n) is 2.26. The smallest absolute Gasteiger partial charge is 0.0459 e. The number of hydrogen-bond acceptors (Lipinski definition) is 2. The number of aliphatic hydroxyl groups excluding tert-OH is 2. The molecule has 0 amide bonds. The molecule has 0 aromatic carbocycles. The first kappa shape index (κ1) is 16.9. The molecule has 0 aliphatic carbocycles. The number of unbranched alkanes of at least 4 members (excludes halogenated alkanes) is 7. The van der Waals surface area contributed by atoms with Crippen LogP contribution in [0.15, 0.2) is 0 Å². The van der Waals surface area contributed by atoms with Crippen molar-refractivity contribution in [3.63, 3.8) is 0 Å². The van der Waals surface area contributed by atoms with Crippen LogP contribution in [0.4, 0.5) is 0 Å². The van der Waals surface area contributed by atoms with Crippen molar-refractivity contribution in [1.29, 1.82) is 0 Å². The van der Waals surface area contributed by atoms with E-state index in [9.17, 15) is 5.11 Å². The lowest BCUT2D eigenvalue weighted by Crippen LogP contribution is -2.06. The highest BCUT2D eigenvalue weighted by atomic mass is 16.3. The second kappa shape index (κ2) is 14.0. The van der Waals surface area contributed by atoms with Gasteiger partial charge in [-0.3, -0.25) is 0 Å². The Morgan fingerprint density at radius 2 is 1.24 bits per heavy atom. The fraction of sp³-hybridized carbons (Fsp3) is 1.00. The molecule has 0 saturated heterocycles. The predicted molar refractivity (Wildman–Crippen MR) is 74.1 cm³/mol. The van der Waals surface area contributed by atoms with E-state index in [1.165, 1.54) is 57.8 Å². The first-order valence-corrected chi connectivity index (χ1v) is 7.56. The molecule has 1 unspecified atom stereocenters. The van der Waals surface area contributed by atoms with Gasteiger partial charge in [-0.1, -0.05) is 58.3 Å². The summed E-state index contributed by atoms with van der Waals surface area (Å²) in [6, 6.07) is 0. The third-order valence-electron chi connectivity index (χ3n) is 3.49. The molecule has 0 aliphatic rings. The minimum absolute atomic E-state index is 0.337. The second-order valence-electron chi connectivity index (χ2n) is 5.18. The van der Waals surface area contributed by atoms with Crippen molar-refractivity contribution in [2.45, 2.75) is 77.6 Å². The fourth-order valence-corrected chi connectivity index (χ4v) is 2.26. The number of aliphatic hydroxyl groups is 2. The standard InChI is InChI=1S/C15H32O2/c1-2-3-8-11-15(14-17)12-9-6-4-5-7-10-13-16/h15-17H,2-14H2,1H3. The van der Waals surface area contributed by atoms with E-state index in [-0.39, 0.29) is 0 Å². The molecule has 0 aromatic heterocycles. The zero-order chi connectivity index (χ0) is 12.8. The van der Waals surface area contributed by atoms with Crippen molar-refractivity contribution in [2.75, 3.05) is 13.2 Å². The monoisotopic (exact) mass is 244 g/mol. The first-order chi connectivity index (χ1) is 8.35. The zero-order valence-electron chi connectivity index (χ0n) is 11.7. The normalized spacial score (nSPS) is 12.9. The van der Waals surface area contributed by atoms with Crippen LogP contribution >= 0.6 is 0 Å². The molecular formula is C15H32O2. The summed E-state index contributed by atoms with van der Waals surface area (Å²) in [5.74, 6) is 0.541. The highest BCUT2D eigenvalue weighted by Gasteiger charge is 2.06. The van der Waals surface area contributed by atoms with Crippen LogP contribution in [0.3, 0.4) is 0 Å². The molecule has 0 bridgehead atoms. The molecule has 0 aromatic rings. The predicted octanol–water partition coefficient (Wildman–Crippen LogP) is 3.90. The van der Waals surface area contributed by atoms with E-state index in [1.54, 1.807) is 0 Å². The summed E-state index contributed by atoms with van der Waals surface area (Å²) in [7, 11) is 0. The van der Waals surface area contributed by atoms with Gasteiger partial charge in [0.1, 0.15) is 0 Å². The van der Waals surface area contributed by atoms with Gasteiger partial charge < -0.3 is 10.2 Å². The maximum Gasteiger partial charge on any atom is 0.0459 e. The van der Waals surface area contributed by atoms with Crippen molar-refractivity contribution < 1.29 is 10.2 Å². The van der Waals surface area contributed by atoms with E-state index >= 15 is 0 Å². The van der Waals surface area contributed by atoms with Gasteiger partial charge in [-0.05, 0) is 25.2 Å². The van der Waals surface area contributed by atoms with Gasteiger partial charge in [0.15, 0.2) is 0 Å².